The lowest BCUT2D eigenvalue weighted by atomic mass is 9.80. The van der Waals surface area contributed by atoms with Gasteiger partial charge in [0.2, 0.25) is 0 Å². The summed E-state index contributed by atoms with van der Waals surface area (Å²) in [6, 6.07) is 3.56. The first-order chi connectivity index (χ1) is 9.51. The Morgan fingerprint density at radius 2 is 2.15 bits per heavy atom. The number of carboxylic acid groups (broad SMARTS) is 1. The Balaban J connectivity index is 1.82. The predicted molar refractivity (Wildman–Crippen MR) is 73.0 cm³/mol. The van der Waals surface area contributed by atoms with E-state index in [-0.39, 0.29) is 6.03 Å². The van der Waals surface area contributed by atoms with Crippen molar-refractivity contribution in [3.05, 3.63) is 30.1 Å². The third-order valence-corrected chi connectivity index (χ3v) is 3.84. The second-order valence-electron chi connectivity index (χ2n) is 5.37. The highest BCUT2D eigenvalue weighted by molar-refractivity contribution is 5.76. The molecule has 2 heterocycles. The van der Waals surface area contributed by atoms with Gasteiger partial charge in [0.1, 0.15) is 0 Å². The monoisotopic (exact) mass is 277 g/mol. The zero-order chi connectivity index (χ0) is 14.6. The van der Waals surface area contributed by atoms with E-state index in [9.17, 15) is 9.59 Å². The van der Waals surface area contributed by atoms with Crippen LogP contribution in [0.3, 0.4) is 0 Å². The maximum Gasteiger partial charge on any atom is 0.317 e. The number of pyridine rings is 1. The van der Waals surface area contributed by atoms with Gasteiger partial charge in [-0.1, -0.05) is 6.07 Å². The topological polar surface area (TPSA) is 82.5 Å². The number of piperidine rings is 1. The molecule has 0 aliphatic carbocycles. The molecule has 1 aromatic heterocycles. The van der Waals surface area contributed by atoms with Gasteiger partial charge in [0.25, 0.3) is 0 Å². The van der Waals surface area contributed by atoms with Crippen molar-refractivity contribution < 1.29 is 14.7 Å². The highest BCUT2D eigenvalue weighted by Gasteiger charge is 2.37. The van der Waals surface area contributed by atoms with Gasteiger partial charge < -0.3 is 15.3 Å². The van der Waals surface area contributed by atoms with E-state index < -0.39 is 11.4 Å². The van der Waals surface area contributed by atoms with Gasteiger partial charge in [-0.05, 0) is 31.4 Å². The molecule has 0 radical (unpaired) electrons. The van der Waals surface area contributed by atoms with Crippen molar-refractivity contribution in [2.24, 2.45) is 5.41 Å². The number of carboxylic acids is 1. The molecule has 1 aliphatic rings. The third kappa shape index (κ3) is 3.26. The number of likely N-dealkylation sites (tertiary alicyclic amines) is 1. The third-order valence-electron chi connectivity index (χ3n) is 3.84. The van der Waals surface area contributed by atoms with E-state index in [4.69, 9.17) is 5.11 Å². The molecule has 0 bridgehead atoms. The standard InChI is InChI=1S/C14H19N3O3/c1-14(12(18)19)4-7-17(8-5-14)13(20)16-10-11-3-2-6-15-9-11/h2-3,6,9H,4-5,7-8,10H2,1H3,(H,16,20)(H,18,19). The average Bonchev–Trinajstić information content (AvgIpc) is 2.46. The molecular formula is C14H19N3O3. The van der Waals surface area contributed by atoms with Crippen LogP contribution in [0.5, 0.6) is 0 Å². The summed E-state index contributed by atoms with van der Waals surface area (Å²) >= 11 is 0. The fraction of sp³-hybridized carbons (Fsp3) is 0.500. The minimum absolute atomic E-state index is 0.152. The smallest absolute Gasteiger partial charge is 0.317 e. The van der Waals surface area contributed by atoms with Crippen LogP contribution in [0.15, 0.2) is 24.5 Å². The first kappa shape index (κ1) is 14.3. The number of carbonyl (C=O) groups is 2. The molecule has 1 aliphatic heterocycles. The molecule has 0 atom stereocenters. The number of urea groups is 1. The first-order valence-electron chi connectivity index (χ1n) is 6.66. The van der Waals surface area contributed by atoms with Crippen molar-refractivity contribution in [3.63, 3.8) is 0 Å². The van der Waals surface area contributed by atoms with Gasteiger partial charge in [0, 0.05) is 32.0 Å². The van der Waals surface area contributed by atoms with Crippen LogP contribution in [0.2, 0.25) is 0 Å². The van der Waals surface area contributed by atoms with Crippen molar-refractivity contribution >= 4 is 12.0 Å². The van der Waals surface area contributed by atoms with E-state index in [2.05, 4.69) is 10.3 Å². The second kappa shape index (κ2) is 5.90. The Labute approximate surface area is 117 Å². The lowest BCUT2D eigenvalue weighted by Crippen LogP contribution is -2.48. The zero-order valence-corrected chi connectivity index (χ0v) is 11.5. The van der Waals surface area contributed by atoms with E-state index in [1.165, 1.54) is 0 Å². The number of carbonyl (C=O) groups excluding carboxylic acids is 1. The van der Waals surface area contributed by atoms with Crippen LogP contribution < -0.4 is 5.32 Å². The molecule has 108 valence electrons. The van der Waals surface area contributed by atoms with E-state index in [0.717, 1.165) is 5.56 Å². The zero-order valence-electron chi connectivity index (χ0n) is 11.5. The van der Waals surface area contributed by atoms with E-state index in [1.807, 2.05) is 12.1 Å². The molecule has 0 aromatic carbocycles. The molecule has 6 nitrogen and oxygen atoms in total. The number of nitrogens with zero attached hydrogens (tertiary/aromatic N) is 2. The molecule has 20 heavy (non-hydrogen) atoms. The molecule has 0 unspecified atom stereocenters. The molecular weight excluding hydrogens is 258 g/mol. The maximum absolute atomic E-state index is 12.0. The van der Waals surface area contributed by atoms with Gasteiger partial charge in [0.05, 0.1) is 5.41 Å². The fourth-order valence-corrected chi connectivity index (χ4v) is 2.21. The summed E-state index contributed by atoms with van der Waals surface area (Å²) in [6.07, 6.45) is 4.37. The maximum atomic E-state index is 12.0. The van der Waals surface area contributed by atoms with Crippen molar-refractivity contribution in [2.75, 3.05) is 13.1 Å². The van der Waals surface area contributed by atoms with Gasteiger partial charge >= 0.3 is 12.0 Å². The summed E-state index contributed by atoms with van der Waals surface area (Å²) in [4.78, 5) is 28.8. The highest BCUT2D eigenvalue weighted by Crippen LogP contribution is 2.30. The van der Waals surface area contributed by atoms with Crippen LogP contribution in [0.1, 0.15) is 25.3 Å². The number of rotatable bonds is 3. The minimum atomic E-state index is -0.784. The van der Waals surface area contributed by atoms with E-state index >= 15 is 0 Å². The number of amides is 2. The second-order valence-corrected chi connectivity index (χ2v) is 5.37. The molecule has 2 N–H and O–H groups in total. The highest BCUT2D eigenvalue weighted by atomic mass is 16.4. The largest absolute Gasteiger partial charge is 0.481 e. The summed E-state index contributed by atoms with van der Waals surface area (Å²) < 4.78 is 0. The van der Waals surface area contributed by atoms with Crippen LogP contribution >= 0.6 is 0 Å². The van der Waals surface area contributed by atoms with Crippen LogP contribution in [-0.2, 0) is 11.3 Å². The van der Waals surface area contributed by atoms with Crippen molar-refractivity contribution in [1.29, 1.82) is 0 Å². The normalized spacial score (nSPS) is 17.6. The number of nitrogens with one attached hydrogen (secondary N) is 1. The van der Waals surface area contributed by atoms with Crippen LogP contribution in [-0.4, -0.2) is 40.1 Å². The number of hydrogen-bond donors (Lipinski definition) is 2. The lowest BCUT2D eigenvalue weighted by molar-refractivity contribution is -0.150. The average molecular weight is 277 g/mol. The van der Waals surface area contributed by atoms with Gasteiger partial charge in [-0.25, -0.2) is 4.79 Å². The Hall–Kier alpha value is -2.11. The van der Waals surface area contributed by atoms with Gasteiger partial charge in [-0.2, -0.15) is 0 Å². The van der Waals surface area contributed by atoms with Gasteiger partial charge in [0.15, 0.2) is 0 Å². The number of aliphatic carboxylic acids is 1. The van der Waals surface area contributed by atoms with Gasteiger partial charge in [-0.3, -0.25) is 9.78 Å². The summed E-state index contributed by atoms with van der Waals surface area (Å²) in [5.41, 5.74) is 0.230. The fourth-order valence-electron chi connectivity index (χ4n) is 2.21. The Morgan fingerprint density at radius 1 is 1.45 bits per heavy atom. The molecule has 1 saturated heterocycles. The van der Waals surface area contributed by atoms with Crippen molar-refractivity contribution in [1.82, 2.24) is 15.2 Å². The summed E-state index contributed by atoms with van der Waals surface area (Å²) in [6.45, 7) is 3.11. The summed E-state index contributed by atoms with van der Waals surface area (Å²) in [5.74, 6) is -0.784. The van der Waals surface area contributed by atoms with E-state index in [1.54, 1.807) is 24.2 Å². The Bertz CT molecular complexity index is 482. The molecule has 1 aromatic rings. The Morgan fingerprint density at radius 3 is 2.70 bits per heavy atom. The lowest BCUT2D eigenvalue weighted by Gasteiger charge is -2.36. The minimum Gasteiger partial charge on any atom is -0.481 e. The van der Waals surface area contributed by atoms with Crippen LogP contribution in [0.4, 0.5) is 4.79 Å². The van der Waals surface area contributed by atoms with Crippen molar-refractivity contribution in [3.8, 4) is 0 Å². The van der Waals surface area contributed by atoms with Crippen LogP contribution in [0.25, 0.3) is 0 Å². The van der Waals surface area contributed by atoms with E-state index in [0.29, 0.717) is 32.5 Å². The number of aromatic nitrogens is 1. The molecule has 6 heteroatoms. The predicted octanol–water partition coefficient (Wildman–Crippen LogP) is 1.48. The van der Waals surface area contributed by atoms with Gasteiger partial charge in [-0.15, -0.1) is 0 Å². The molecule has 0 saturated carbocycles. The molecule has 2 amide bonds. The first-order valence-corrected chi connectivity index (χ1v) is 6.66. The SMILES string of the molecule is CC1(C(=O)O)CCN(C(=O)NCc2cccnc2)CC1. The number of hydrogen-bond acceptors (Lipinski definition) is 3. The molecule has 1 fully saturated rings. The Kier molecular flexibility index (Phi) is 4.22. The quantitative estimate of drug-likeness (QED) is 0.876. The summed E-state index contributed by atoms with van der Waals surface area (Å²) in [5, 5.41) is 12.0. The van der Waals surface area contributed by atoms with Crippen molar-refractivity contribution in [2.45, 2.75) is 26.3 Å². The molecule has 2 rings (SSSR count). The summed E-state index contributed by atoms with van der Waals surface area (Å²) in [7, 11) is 0. The molecule has 0 spiro atoms. The van der Waals surface area contributed by atoms with Crippen LogP contribution in [0, 0.1) is 5.41 Å².